The van der Waals surface area contributed by atoms with Crippen molar-refractivity contribution in [1.82, 2.24) is 10.2 Å². The van der Waals surface area contributed by atoms with E-state index >= 15 is 0 Å². The first-order chi connectivity index (χ1) is 7.66. The summed E-state index contributed by atoms with van der Waals surface area (Å²) in [6.45, 7) is 1.97. The standard InChI is InChI=1S/C12H14ClN3/c1-8(14)5-12-11(7-15-16-12)9-3-2-4-10(13)6-9/h2-4,6-8H,5,14H2,1H3,(H,15,16). The van der Waals surface area contributed by atoms with Crippen molar-refractivity contribution in [3.05, 3.63) is 41.2 Å². The van der Waals surface area contributed by atoms with Gasteiger partial charge in [-0.1, -0.05) is 23.7 Å². The molecule has 2 rings (SSSR count). The lowest BCUT2D eigenvalue weighted by Gasteiger charge is -2.06. The van der Waals surface area contributed by atoms with Crippen LogP contribution in [0.1, 0.15) is 12.6 Å². The van der Waals surface area contributed by atoms with Gasteiger partial charge >= 0.3 is 0 Å². The van der Waals surface area contributed by atoms with Crippen LogP contribution in [-0.2, 0) is 6.42 Å². The molecule has 1 aromatic carbocycles. The molecule has 0 aliphatic heterocycles. The normalized spacial score (nSPS) is 12.7. The molecule has 16 heavy (non-hydrogen) atoms. The third-order valence-corrected chi connectivity index (χ3v) is 2.62. The number of rotatable bonds is 3. The van der Waals surface area contributed by atoms with Gasteiger partial charge in [0.05, 0.1) is 6.20 Å². The van der Waals surface area contributed by atoms with E-state index in [1.807, 2.05) is 37.4 Å². The molecule has 0 aliphatic rings. The summed E-state index contributed by atoms with van der Waals surface area (Å²) in [7, 11) is 0. The molecule has 84 valence electrons. The van der Waals surface area contributed by atoms with E-state index in [1.54, 1.807) is 0 Å². The van der Waals surface area contributed by atoms with Crippen LogP contribution >= 0.6 is 11.6 Å². The van der Waals surface area contributed by atoms with E-state index in [2.05, 4.69) is 10.2 Å². The number of hydrogen-bond acceptors (Lipinski definition) is 2. The van der Waals surface area contributed by atoms with Gasteiger partial charge in [-0.25, -0.2) is 0 Å². The van der Waals surface area contributed by atoms with Gasteiger partial charge in [0.15, 0.2) is 0 Å². The number of H-pyrrole nitrogens is 1. The maximum Gasteiger partial charge on any atom is 0.0568 e. The number of aromatic amines is 1. The zero-order valence-corrected chi connectivity index (χ0v) is 9.83. The highest BCUT2D eigenvalue weighted by Gasteiger charge is 2.09. The van der Waals surface area contributed by atoms with E-state index in [9.17, 15) is 0 Å². The second-order valence-electron chi connectivity index (χ2n) is 3.95. The topological polar surface area (TPSA) is 54.7 Å². The molecule has 3 N–H and O–H groups in total. The fourth-order valence-corrected chi connectivity index (χ4v) is 1.89. The van der Waals surface area contributed by atoms with Crippen LogP contribution < -0.4 is 5.73 Å². The quantitative estimate of drug-likeness (QED) is 0.859. The SMILES string of the molecule is CC(N)Cc1[nH]ncc1-c1cccc(Cl)c1. The number of nitrogens with two attached hydrogens (primary N) is 1. The van der Waals surface area contributed by atoms with Crippen molar-refractivity contribution in [1.29, 1.82) is 0 Å². The van der Waals surface area contributed by atoms with E-state index in [0.717, 1.165) is 28.3 Å². The van der Waals surface area contributed by atoms with Crippen LogP contribution in [0.3, 0.4) is 0 Å². The molecular formula is C12H14ClN3. The fraction of sp³-hybridized carbons (Fsp3) is 0.250. The molecular weight excluding hydrogens is 222 g/mol. The third-order valence-electron chi connectivity index (χ3n) is 2.38. The Balaban J connectivity index is 2.37. The van der Waals surface area contributed by atoms with Crippen LogP contribution in [0.2, 0.25) is 5.02 Å². The van der Waals surface area contributed by atoms with E-state index < -0.39 is 0 Å². The lowest BCUT2D eigenvalue weighted by atomic mass is 10.0. The van der Waals surface area contributed by atoms with Gasteiger partial charge in [0, 0.05) is 28.7 Å². The average molecular weight is 236 g/mol. The Labute approximate surface area is 99.6 Å². The second-order valence-corrected chi connectivity index (χ2v) is 4.39. The average Bonchev–Trinajstić information content (AvgIpc) is 2.65. The van der Waals surface area contributed by atoms with Crippen LogP contribution in [-0.4, -0.2) is 16.2 Å². The molecule has 0 saturated heterocycles. The molecule has 4 heteroatoms. The summed E-state index contributed by atoms with van der Waals surface area (Å²) in [5.41, 5.74) is 8.98. The fourth-order valence-electron chi connectivity index (χ4n) is 1.70. The number of aromatic nitrogens is 2. The minimum Gasteiger partial charge on any atom is -0.328 e. The number of halogens is 1. The first-order valence-electron chi connectivity index (χ1n) is 5.20. The van der Waals surface area contributed by atoms with Gasteiger partial charge in [-0.3, -0.25) is 5.10 Å². The largest absolute Gasteiger partial charge is 0.328 e. The van der Waals surface area contributed by atoms with Gasteiger partial charge in [0.2, 0.25) is 0 Å². The summed E-state index contributed by atoms with van der Waals surface area (Å²) in [6, 6.07) is 7.84. The summed E-state index contributed by atoms with van der Waals surface area (Å²) in [5, 5.41) is 7.77. The lowest BCUT2D eigenvalue weighted by molar-refractivity contribution is 0.720. The van der Waals surface area contributed by atoms with Crippen LogP contribution in [0.5, 0.6) is 0 Å². The first-order valence-corrected chi connectivity index (χ1v) is 5.58. The van der Waals surface area contributed by atoms with Crippen molar-refractivity contribution in [3.8, 4) is 11.1 Å². The van der Waals surface area contributed by atoms with Crippen molar-refractivity contribution in [2.45, 2.75) is 19.4 Å². The predicted octanol–water partition coefficient (Wildman–Crippen LogP) is 2.62. The van der Waals surface area contributed by atoms with Gasteiger partial charge in [0.1, 0.15) is 0 Å². The van der Waals surface area contributed by atoms with E-state index in [1.165, 1.54) is 0 Å². The predicted molar refractivity (Wildman–Crippen MR) is 66.4 cm³/mol. The monoisotopic (exact) mass is 235 g/mol. The highest BCUT2D eigenvalue weighted by molar-refractivity contribution is 6.30. The van der Waals surface area contributed by atoms with Crippen LogP contribution in [0.25, 0.3) is 11.1 Å². The van der Waals surface area contributed by atoms with E-state index in [-0.39, 0.29) is 6.04 Å². The number of benzene rings is 1. The molecule has 0 spiro atoms. The van der Waals surface area contributed by atoms with Gasteiger partial charge < -0.3 is 5.73 Å². The zero-order valence-electron chi connectivity index (χ0n) is 9.07. The van der Waals surface area contributed by atoms with E-state index in [4.69, 9.17) is 17.3 Å². The molecule has 3 nitrogen and oxygen atoms in total. The zero-order chi connectivity index (χ0) is 11.5. The molecule has 0 bridgehead atoms. The van der Waals surface area contributed by atoms with Gasteiger partial charge in [0.25, 0.3) is 0 Å². The van der Waals surface area contributed by atoms with Gasteiger partial charge in [-0.05, 0) is 24.6 Å². The summed E-state index contributed by atoms with van der Waals surface area (Å²) in [6.07, 6.45) is 2.59. The Morgan fingerprint density at radius 3 is 3.00 bits per heavy atom. The smallest absolute Gasteiger partial charge is 0.0568 e. The van der Waals surface area contributed by atoms with Crippen molar-refractivity contribution in [2.75, 3.05) is 0 Å². The molecule has 0 radical (unpaired) electrons. The lowest BCUT2D eigenvalue weighted by Crippen LogP contribution is -2.18. The summed E-state index contributed by atoms with van der Waals surface area (Å²) in [5.74, 6) is 0. The molecule has 1 aromatic heterocycles. The van der Waals surface area contributed by atoms with E-state index in [0.29, 0.717) is 0 Å². The minimum atomic E-state index is 0.110. The molecule has 1 unspecified atom stereocenters. The highest BCUT2D eigenvalue weighted by atomic mass is 35.5. The molecule has 0 amide bonds. The van der Waals surface area contributed by atoms with Gasteiger partial charge in [-0.15, -0.1) is 0 Å². The molecule has 1 atom stereocenters. The molecule has 2 aromatic rings. The highest BCUT2D eigenvalue weighted by Crippen LogP contribution is 2.25. The molecule has 1 heterocycles. The molecule has 0 fully saturated rings. The Bertz CT molecular complexity index is 477. The van der Waals surface area contributed by atoms with Crippen molar-refractivity contribution in [3.63, 3.8) is 0 Å². The van der Waals surface area contributed by atoms with Crippen molar-refractivity contribution >= 4 is 11.6 Å². The maximum atomic E-state index is 5.96. The van der Waals surface area contributed by atoms with Gasteiger partial charge in [-0.2, -0.15) is 5.10 Å². The molecule has 0 saturated carbocycles. The Morgan fingerprint density at radius 2 is 2.31 bits per heavy atom. The minimum absolute atomic E-state index is 0.110. The van der Waals surface area contributed by atoms with Crippen molar-refractivity contribution in [2.24, 2.45) is 5.73 Å². The Kier molecular flexibility index (Phi) is 3.27. The van der Waals surface area contributed by atoms with Crippen molar-refractivity contribution < 1.29 is 0 Å². The number of nitrogens with zero attached hydrogens (tertiary/aromatic N) is 1. The molecule has 0 aliphatic carbocycles. The summed E-state index contributed by atoms with van der Waals surface area (Å²) >= 11 is 5.96. The number of hydrogen-bond donors (Lipinski definition) is 2. The van der Waals surface area contributed by atoms with Crippen LogP contribution in [0.4, 0.5) is 0 Å². The number of nitrogens with one attached hydrogen (secondary N) is 1. The Hall–Kier alpha value is -1.32. The maximum absolute atomic E-state index is 5.96. The third kappa shape index (κ3) is 2.43. The van der Waals surface area contributed by atoms with Crippen LogP contribution in [0.15, 0.2) is 30.5 Å². The second kappa shape index (κ2) is 4.68. The van der Waals surface area contributed by atoms with Crippen LogP contribution in [0, 0.1) is 0 Å². The summed E-state index contributed by atoms with van der Waals surface area (Å²) in [4.78, 5) is 0. The first kappa shape index (κ1) is 11.2. The Morgan fingerprint density at radius 1 is 1.50 bits per heavy atom. The summed E-state index contributed by atoms with van der Waals surface area (Å²) < 4.78 is 0.